The van der Waals surface area contributed by atoms with Crippen LogP contribution in [0.3, 0.4) is 0 Å². The smallest absolute Gasteiger partial charge is 0.327 e. The van der Waals surface area contributed by atoms with Gasteiger partial charge in [0.2, 0.25) is 5.91 Å². The Balaban J connectivity index is 1.89. The Labute approximate surface area is 130 Å². The minimum Gasteiger partial charge on any atom is -0.480 e. The Bertz CT molecular complexity index is 472. The molecule has 7 nitrogen and oxygen atoms in total. The number of carboxylic acids is 1. The summed E-state index contributed by atoms with van der Waals surface area (Å²) in [6.45, 7) is 7.12. The fraction of sp³-hybridized carbons (Fsp3) is 0.800. The van der Waals surface area contributed by atoms with Crippen LogP contribution in [-0.4, -0.2) is 52.6 Å². The zero-order chi connectivity index (χ0) is 16.5. The molecule has 2 rings (SSSR count). The molecule has 2 aliphatic heterocycles. The first-order chi connectivity index (χ1) is 10.2. The summed E-state index contributed by atoms with van der Waals surface area (Å²) < 4.78 is 5.59. The quantitative estimate of drug-likeness (QED) is 0.410. The molecule has 0 spiro atoms. The van der Waals surface area contributed by atoms with Crippen molar-refractivity contribution in [2.45, 2.75) is 51.7 Å². The van der Waals surface area contributed by atoms with Crippen LogP contribution in [0.4, 0.5) is 0 Å². The van der Waals surface area contributed by atoms with Crippen LogP contribution in [0.15, 0.2) is 0 Å². The minimum absolute atomic E-state index is 0.157. The number of carbonyl (C=O) groups excluding carboxylic acids is 1. The van der Waals surface area contributed by atoms with E-state index in [1.807, 2.05) is 25.7 Å². The number of nitrogens with zero attached hydrogens (tertiary/aromatic N) is 1. The second-order valence-corrected chi connectivity index (χ2v) is 7.14. The van der Waals surface area contributed by atoms with Gasteiger partial charge in [0.1, 0.15) is 11.6 Å². The molecule has 2 fully saturated rings. The van der Waals surface area contributed by atoms with Gasteiger partial charge < -0.3 is 20.1 Å². The van der Waals surface area contributed by atoms with Gasteiger partial charge in [-0.3, -0.25) is 10.2 Å². The van der Waals surface area contributed by atoms with Crippen LogP contribution in [0, 0.1) is 17.2 Å². The lowest BCUT2D eigenvalue weighted by Crippen LogP contribution is -2.62. The third-order valence-electron chi connectivity index (χ3n) is 4.10. The van der Waals surface area contributed by atoms with E-state index in [0.717, 1.165) is 19.4 Å². The zero-order valence-corrected chi connectivity index (χ0v) is 13.4. The van der Waals surface area contributed by atoms with E-state index in [1.54, 1.807) is 0 Å². The monoisotopic (exact) mass is 311 g/mol. The Morgan fingerprint density at radius 3 is 2.73 bits per heavy atom. The van der Waals surface area contributed by atoms with E-state index in [-0.39, 0.29) is 17.8 Å². The molecule has 0 bridgehead atoms. The van der Waals surface area contributed by atoms with Crippen molar-refractivity contribution in [3.05, 3.63) is 0 Å². The van der Waals surface area contributed by atoms with Crippen LogP contribution in [0.5, 0.6) is 0 Å². The number of carboxylic acid groups (broad SMARTS) is 1. The average molecular weight is 311 g/mol. The summed E-state index contributed by atoms with van der Waals surface area (Å²) in [5, 5.41) is 19.5. The van der Waals surface area contributed by atoms with Crippen molar-refractivity contribution in [2.24, 2.45) is 11.8 Å². The molecule has 22 heavy (non-hydrogen) atoms. The number of carbonyl (C=O) groups is 2. The largest absolute Gasteiger partial charge is 0.480 e. The fourth-order valence-corrected chi connectivity index (χ4v) is 3.05. The summed E-state index contributed by atoms with van der Waals surface area (Å²) in [5.74, 6) is -1.37. The van der Waals surface area contributed by atoms with Gasteiger partial charge in [0.05, 0.1) is 5.92 Å². The molecule has 1 amide bonds. The van der Waals surface area contributed by atoms with E-state index in [9.17, 15) is 9.59 Å². The molecule has 0 aromatic heterocycles. The first-order valence-corrected chi connectivity index (χ1v) is 7.73. The molecular formula is C15H25N3O4. The Hall–Kier alpha value is -1.79. The van der Waals surface area contributed by atoms with Crippen LogP contribution < -0.4 is 5.32 Å². The van der Waals surface area contributed by atoms with Gasteiger partial charge >= 0.3 is 5.97 Å². The number of aliphatic carboxylic acids is 1. The zero-order valence-electron chi connectivity index (χ0n) is 13.4. The molecule has 2 saturated heterocycles. The topological polar surface area (TPSA) is 103 Å². The normalized spacial score (nSPS) is 28.6. The summed E-state index contributed by atoms with van der Waals surface area (Å²) in [6.07, 6.45) is 2.43. The molecule has 0 saturated carbocycles. The van der Waals surface area contributed by atoms with Crippen LogP contribution in [-0.2, 0) is 14.3 Å². The third kappa shape index (κ3) is 3.90. The molecule has 0 aromatic rings. The summed E-state index contributed by atoms with van der Waals surface area (Å²) >= 11 is 0. The number of rotatable bonds is 3. The number of β-lactam (4-membered cyclic amide) rings is 1. The molecule has 3 N–H and O–H groups in total. The minimum atomic E-state index is -0.971. The molecule has 124 valence electrons. The van der Waals surface area contributed by atoms with Crippen molar-refractivity contribution in [2.75, 3.05) is 13.1 Å². The lowest BCUT2D eigenvalue weighted by Gasteiger charge is -2.40. The Morgan fingerprint density at radius 2 is 2.18 bits per heavy atom. The van der Waals surface area contributed by atoms with Gasteiger partial charge in [0.25, 0.3) is 6.02 Å². The lowest BCUT2D eigenvalue weighted by atomic mass is 9.80. The molecule has 2 unspecified atom stereocenters. The fourth-order valence-electron chi connectivity index (χ4n) is 3.05. The van der Waals surface area contributed by atoms with Crippen molar-refractivity contribution in [3.8, 4) is 0 Å². The van der Waals surface area contributed by atoms with E-state index in [2.05, 4.69) is 5.32 Å². The highest BCUT2D eigenvalue weighted by molar-refractivity contribution is 5.96. The van der Waals surface area contributed by atoms with Crippen molar-refractivity contribution >= 4 is 17.9 Å². The van der Waals surface area contributed by atoms with E-state index in [0.29, 0.717) is 13.0 Å². The number of hydrogen-bond acceptors (Lipinski definition) is 4. The summed E-state index contributed by atoms with van der Waals surface area (Å²) in [7, 11) is 0. The average Bonchev–Trinajstić information content (AvgIpc) is 2.40. The number of amides is 1. The third-order valence-corrected chi connectivity index (χ3v) is 4.10. The summed E-state index contributed by atoms with van der Waals surface area (Å²) in [4.78, 5) is 24.5. The molecule has 0 aromatic carbocycles. The first kappa shape index (κ1) is 16.6. The highest BCUT2D eigenvalue weighted by atomic mass is 16.5. The number of nitrogens with one attached hydrogen (secondary N) is 2. The number of amidine groups is 1. The highest BCUT2D eigenvalue weighted by Crippen LogP contribution is 2.29. The molecule has 2 heterocycles. The highest BCUT2D eigenvalue weighted by Gasteiger charge is 2.45. The van der Waals surface area contributed by atoms with Gasteiger partial charge in [-0.05, 0) is 46.0 Å². The van der Waals surface area contributed by atoms with Crippen LogP contribution >= 0.6 is 0 Å². The maximum atomic E-state index is 11.6. The summed E-state index contributed by atoms with van der Waals surface area (Å²) in [6, 6.07) is -0.599. The van der Waals surface area contributed by atoms with E-state index >= 15 is 0 Å². The van der Waals surface area contributed by atoms with Gasteiger partial charge in [-0.2, -0.15) is 0 Å². The van der Waals surface area contributed by atoms with Gasteiger partial charge in [-0.15, -0.1) is 0 Å². The maximum absolute atomic E-state index is 11.6. The number of ether oxygens (including phenoxy) is 1. The molecule has 0 aliphatic carbocycles. The van der Waals surface area contributed by atoms with Gasteiger partial charge in [0.15, 0.2) is 0 Å². The van der Waals surface area contributed by atoms with E-state index in [4.69, 9.17) is 15.3 Å². The Kier molecular flexibility index (Phi) is 4.63. The SMILES string of the molecule is CC(C)(C)OC(=N)N1CCCC(C[C@H]2C(=O)NC2C(=O)O)C1. The van der Waals surface area contributed by atoms with Gasteiger partial charge in [-0.1, -0.05) is 0 Å². The maximum Gasteiger partial charge on any atom is 0.327 e. The van der Waals surface area contributed by atoms with Crippen molar-refractivity contribution in [1.29, 1.82) is 5.41 Å². The van der Waals surface area contributed by atoms with Crippen LogP contribution in [0.2, 0.25) is 0 Å². The standard InChI is InChI=1S/C15H25N3O4/c1-15(2,3)22-14(16)18-6-4-5-9(8-18)7-10-11(13(20)21)17-12(10)19/h9-11,16H,4-8H2,1-3H3,(H,17,19)(H,20,21)/t9?,10-,11?/m1/s1. The van der Waals surface area contributed by atoms with Crippen LogP contribution in [0.25, 0.3) is 0 Å². The van der Waals surface area contributed by atoms with Crippen molar-refractivity contribution in [1.82, 2.24) is 10.2 Å². The summed E-state index contributed by atoms with van der Waals surface area (Å²) in [5.41, 5.74) is -0.410. The number of hydrogen-bond donors (Lipinski definition) is 3. The van der Waals surface area contributed by atoms with Crippen LogP contribution in [0.1, 0.15) is 40.0 Å². The Morgan fingerprint density at radius 1 is 1.50 bits per heavy atom. The molecular weight excluding hydrogens is 286 g/mol. The van der Waals surface area contributed by atoms with Gasteiger partial charge in [0, 0.05) is 13.1 Å². The molecule has 3 atom stereocenters. The molecule has 7 heteroatoms. The van der Waals surface area contributed by atoms with E-state index in [1.165, 1.54) is 0 Å². The molecule has 2 aliphatic rings. The number of piperidine rings is 1. The van der Waals surface area contributed by atoms with Crippen molar-refractivity contribution in [3.63, 3.8) is 0 Å². The second-order valence-electron chi connectivity index (χ2n) is 7.14. The molecule has 0 radical (unpaired) electrons. The van der Waals surface area contributed by atoms with Gasteiger partial charge in [-0.25, -0.2) is 4.79 Å². The second kappa shape index (κ2) is 6.14. The van der Waals surface area contributed by atoms with Crippen molar-refractivity contribution < 1.29 is 19.4 Å². The predicted octanol–water partition coefficient (Wildman–Crippen LogP) is 1.04. The first-order valence-electron chi connectivity index (χ1n) is 7.73. The lowest BCUT2D eigenvalue weighted by molar-refractivity contribution is -0.154. The predicted molar refractivity (Wildman–Crippen MR) is 80.5 cm³/mol. The van der Waals surface area contributed by atoms with E-state index < -0.39 is 23.5 Å². The number of likely N-dealkylation sites (tertiary alicyclic amines) is 1.